The summed E-state index contributed by atoms with van der Waals surface area (Å²) in [5.74, 6) is 2.12. The third-order valence-corrected chi connectivity index (χ3v) is 9.63. The summed E-state index contributed by atoms with van der Waals surface area (Å²) in [5, 5.41) is 2.17. The number of allylic oxidation sites excluding steroid dienone is 2. The summed E-state index contributed by atoms with van der Waals surface area (Å²) < 4.78 is 5.34. The van der Waals surface area contributed by atoms with Gasteiger partial charge < -0.3 is 4.74 Å². The molecule has 2 heterocycles. The van der Waals surface area contributed by atoms with Gasteiger partial charge in [0, 0.05) is 4.88 Å². The maximum Gasteiger partial charge on any atom is 0.347 e. The van der Waals surface area contributed by atoms with Gasteiger partial charge in [-0.2, -0.15) is 0 Å². The monoisotopic (exact) mass is 456 g/mol. The Kier molecular flexibility index (Phi) is 4.40. The van der Waals surface area contributed by atoms with E-state index in [-0.39, 0.29) is 5.97 Å². The molecule has 0 amide bonds. The van der Waals surface area contributed by atoms with Crippen molar-refractivity contribution >= 4 is 28.8 Å². The SMILES string of the molecule is Cc1ccc(-c2cc(C(=C3C(=O)OC(=O)C3=C3C4CC5CC(C4)CC3C5)C3CC3)cs2)cc1. The van der Waals surface area contributed by atoms with Crippen LogP contribution in [0.1, 0.15) is 56.1 Å². The van der Waals surface area contributed by atoms with E-state index in [2.05, 4.69) is 42.6 Å². The summed E-state index contributed by atoms with van der Waals surface area (Å²) in [4.78, 5) is 27.5. The molecule has 1 aliphatic heterocycles. The lowest BCUT2D eigenvalue weighted by Gasteiger charge is -2.51. The summed E-state index contributed by atoms with van der Waals surface area (Å²) in [7, 11) is 0. The average molecular weight is 457 g/mol. The van der Waals surface area contributed by atoms with E-state index in [1.807, 2.05) is 0 Å². The van der Waals surface area contributed by atoms with Crippen LogP contribution >= 0.6 is 11.3 Å². The maximum absolute atomic E-state index is 13.2. The van der Waals surface area contributed by atoms with Crippen molar-refractivity contribution in [1.29, 1.82) is 0 Å². The first-order valence-electron chi connectivity index (χ1n) is 12.5. The lowest BCUT2D eigenvalue weighted by molar-refractivity contribution is -0.149. The number of cyclic esters (lactones) is 2. The standard InChI is InChI=1S/C29H28O3S/c1-15-2-4-18(5-3-15)23-13-22(14-33-23)24(19-6-7-19)26-27(29(31)32-28(26)30)25-20-9-16-8-17(11-20)12-21(25)10-16/h2-5,13-14,16-17,19-21H,6-12H2,1H3. The molecular weight excluding hydrogens is 428 g/mol. The Labute approximate surface area is 198 Å². The highest BCUT2D eigenvalue weighted by Gasteiger charge is 2.50. The summed E-state index contributed by atoms with van der Waals surface area (Å²) >= 11 is 1.72. The molecule has 0 unspecified atom stereocenters. The van der Waals surface area contributed by atoms with Gasteiger partial charge in [-0.3, -0.25) is 0 Å². The molecule has 4 heteroatoms. The second-order valence-corrected chi connectivity index (χ2v) is 11.9. The molecule has 8 rings (SSSR count). The Morgan fingerprint density at radius 1 is 0.909 bits per heavy atom. The van der Waals surface area contributed by atoms with E-state index in [0.717, 1.165) is 35.8 Å². The Morgan fingerprint density at radius 2 is 1.58 bits per heavy atom. The molecule has 0 atom stereocenters. The molecule has 6 fully saturated rings. The second-order valence-electron chi connectivity index (χ2n) is 10.9. The molecule has 168 valence electrons. The Balaban J connectivity index is 1.38. The maximum atomic E-state index is 13.2. The van der Waals surface area contributed by atoms with Crippen LogP contribution in [0.2, 0.25) is 0 Å². The van der Waals surface area contributed by atoms with Crippen molar-refractivity contribution < 1.29 is 14.3 Å². The van der Waals surface area contributed by atoms with E-state index < -0.39 is 5.97 Å². The second kappa shape index (κ2) is 7.27. The largest absolute Gasteiger partial charge is 0.386 e. The molecule has 0 spiro atoms. The van der Waals surface area contributed by atoms with Crippen LogP contribution < -0.4 is 0 Å². The van der Waals surface area contributed by atoms with Crippen molar-refractivity contribution in [3.05, 3.63) is 63.6 Å². The first-order chi connectivity index (χ1) is 16.0. The van der Waals surface area contributed by atoms with Gasteiger partial charge in [-0.15, -0.1) is 11.3 Å². The Morgan fingerprint density at radius 3 is 2.21 bits per heavy atom. The molecule has 33 heavy (non-hydrogen) atoms. The molecule has 5 saturated carbocycles. The van der Waals surface area contributed by atoms with Crippen LogP contribution in [-0.4, -0.2) is 11.9 Å². The number of carbonyl (C=O) groups is 2. The lowest BCUT2D eigenvalue weighted by atomic mass is 9.53. The average Bonchev–Trinajstić information content (AvgIpc) is 3.43. The van der Waals surface area contributed by atoms with E-state index in [1.165, 1.54) is 53.7 Å². The van der Waals surface area contributed by atoms with E-state index in [0.29, 0.717) is 28.9 Å². The number of hydrogen-bond acceptors (Lipinski definition) is 4. The third kappa shape index (κ3) is 3.21. The molecule has 3 nitrogen and oxygen atoms in total. The summed E-state index contributed by atoms with van der Waals surface area (Å²) in [6.07, 6.45) is 8.28. The van der Waals surface area contributed by atoms with E-state index in [9.17, 15) is 9.59 Å². The van der Waals surface area contributed by atoms with Crippen LogP contribution in [0.25, 0.3) is 16.0 Å². The van der Waals surface area contributed by atoms with E-state index >= 15 is 0 Å². The Bertz CT molecular complexity index is 1210. The molecule has 5 aliphatic carbocycles. The Hall–Kier alpha value is -2.46. The molecule has 0 radical (unpaired) electrons. The normalized spacial score (nSPS) is 32.0. The summed E-state index contributed by atoms with van der Waals surface area (Å²) in [6.45, 7) is 2.10. The number of ether oxygens (including phenoxy) is 1. The molecule has 0 N–H and O–H groups in total. The van der Waals surface area contributed by atoms with Gasteiger partial charge in [0.2, 0.25) is 0 Å². The molecule has 1 aromatic heterocycles. The molecule has 2 aromatic rings. The first-order valence-corrected chi connectivity index (χ1v) is 13.3. The zero-order valence-corrected chi connectivity index (χ0v) is 19.8. The van der Waals surface area contributed by atoms with Crippen LogP contribution in [0.4, 0.5) is 0 Å². The highest BCUT2D eigenvalue weighted by Crippen LogP contribution is 2.59. The van der Waals surface area contributed by atoms with Gasteiger partial charge in [0.05, 0.1) is 11.1 Å². The number of rotatable bonds is 3. The highest BCUT2D eigenvalue weighted by atomic mass is 32.1. The topological polar surface area (TPSA) is 43.4 Å². The quantitative estimate of drug-likeness (QED) is 0.292. The highest BCUT2D eigenvalue weighted by molar-refractivity contribution is 7.13. The molecule has 1 aromatic carbocycles. The molecule has 1 saturated heterocycles. The first kappa shape index (κ1) is 20.0. The van der Waals surface area contributed by atoms with Gasteiger partial charge >= 0.3 is 11.9 Å². The zero-order chi connectivity index (χ0) is 22.3. The number of carbonyl (C=O) groups excluding carboxylic acids is 2. The van der Waals surface area contributed by atoms with Crippen LogP contribution in [-0.2, 0) is 14.3 Å². The van der Waals surface area contributed by atoms with Crippen molar-refractivity contribution in [3.8, 4) is 10.4 Å². The predicted molar refractivity (Wildman–Crippen MR) is 129 cm³/mol. The minimum atomic E-state index is -0.415. The van der Waals surface area contributed by atoms with Crippen LogP contribution in [0.15, 0.2) is 52.4 Å². The molecule has 6 aliphatic rings. The van der Waals surface area contributed by atoms with Gasteiger partial charge in [0.15, 0.2) is 0 Å². The van der Waals surface area contributed by atoms with Crippen molar-refractivity contribution in [3.63, 3.8) is 0 Å². The van der Waals surface area contributed by atoms with Gasteiger partial charge in [-0.05, 0) is 115 Å². The van der Waals surface area contributed by atoms with E-state index in [4.69, 9.17) is 4.74 Å². The predicted octanol–water partition coefficient (Wildman–Crippen LogP) is 6.72. The number of thiophene rings is 1. The minimum absolute atomic E-state index is 0.353. The van der Waals surface area contributed by atoms with Crippen molar-refractivity contribution in [2.75, 3.05) is 0 Å². The van der Waals surface area contributed by atoms with Gasteiger partial charge in [-0.25, -0.2) is 9.59 Å². The summed E-state index contributed by atoms with van der Waals surface area (Å²) in [5.41, 5.74) is 7.16. The summed E-state index contributed by atoms with van der Waals surface area (Å²) in [6, 6.07) is 10.8. The lowest BCUT2D eigenvalue weighted by Crippen LogP contribution is -2.41. The minimum Gasteiger partial charge on any atom is -0.386 e. The number of aryl methyl sites for hydroxylation is 1. The van der Waals surface area contributed by atoms with Crippen molar-refractivity contribution in [2.45, 2.75) is 51.9 Å². The third-order valence-electron chi connectivity index (χ3n) is 8.65. The van der Waals surface area contributed by atoms with Crippen molar-refractivity contribution in [1.82, 2.24) is 0 Å². The fourth-order valence-electron chi connectivity index (χ4n) is 7.30. The van der Waals surface area contributed by atoms with Gasteiger partial charge in [0.1, 0.15) is 0 Å². The molecular formula is C29H28O3S. The number of hydrogen-bond donors (Lipinski definition) is 0. The van der Waals surface area contributed by atoms with Crippen LogP contribution in [0, 0.1) is 36.5 Å². The zero-order valence-electron chi connectivity index (χ0n) is 18.9. The number of esters is 2. The van der Waals surface area contributed by atoms with E-state index in [1.54, 1.807) is 11.3 Å². The van der Waals surface area contributed by atoms with Gasteiger partial charge in [0.25, 0.3) is 0 Å². The van der Waals surface area contributed by atoms with Crippen LogP contribution in [0.3, 0.4) is 0 Å². The van der Waals surface area contributed by atoms with Crippen LogP contribution in [0.5, 0.6) is 0 Å². The van der Waals surface area contributed by atoms with Crippen molar-refractivity contribution in [2.24, 2.45) is 29.6 Å². The fraction of sp³-hybridized carbons (Fsp3) is 0.448. The number of benzene rings is 1. The fourth-order valence-corrected chi connectivity index (χ4v) is 8.22. The molecule has 4 bridgehead atoms. The smallest absolute Gasteiger partial charge is 0.347 e. The van der Waals surface area contributed by atoms with Gasteiger partial charge in [-0.1, -0.05) is 29.8 Å².